The summed E-state index contributed by atoms with van der Waals surface area (Å²) in [5, 5.41) is 2.90. The molecule has 20 heavy (non-hydrogen) atoms. The molecule has 0 spiro atoms. The number of carbonyl (C=O) groups is 1. The molecule has 0 radical (unpaired) electrons. The lowest BCUT2D eigenvalue weighted by molar-refractivity contribution is -0.122. The van der Waals surface area contributed by atoms with Gasteiger partial charge in [-0.25, -0.2) is 8.78 Å². The van der Waals surface area contributed by atoms with Crippen LogP contribution in [0.3, 0.4) is 0 Å². The average molecular weight is 288 g/mol. The summed E-state index contributed by atoms with van der Waals surface area (Å²) >= 11 is 0. The van der Waals surface area contributed by atoms with Gasteiger partial charge in [-0.2, -0.15) is 0 Å². The Kier molecular flexibility index (Phi) is 4.67. The highest BCUT2D eigenvalue weighted by Gasteiger charge is 2.57. The lowest BCUT2D eigenvalue weighted by Gasteiger charge is -2.39. The minimum absolute atomic E-state index is 0.00176. The van der Waals surface area contributed by atoms with E-state index in [1.807, 2.05) is 14.1 Å². The van der Waals surface area contributed by atoms with Gasteiger partial charge in [0.25, 0.3) is 5.92 Å². The van der Waals surface area contributed by atoms with Crippen LogP contribution in [0.4, 0.5) is 8.78 Å². The third kappa shape index (κ3) is 3.68. The third-order valence-electron chi connectivity index (χ3n) is 4.99. The molecule has 0 aromatic heterocycles. The maximum absolute atomic E-state index is 12.8. The summed E-state index contributed by atoms with van der Waals surface area (Å²) in [5.74, 6) is -3.55. The topological polar surface area (TPSA) is 32.3 Å². The van der Waals surface area contributed by atoms with Crippen LogP contribution in [-0.4, -0.2) is 42.9 Å². The fourth-order valence-electron chi connectivity index (χ4n) is 3.22. The number of hydrogen-bond acceptors (Lipinski definition) is 2. The van der Waals surface area contributed by atoms with E-state index in [1.165, 1.54) is 25.7 Å². The summed E-state index contributed by atoms with van der Waals surface area (Å²) < 4.78 is 25.6. The second-order valence-electron chi connectivity index (χ2n) is 6.68. The molecular weight excluding hydrogens is 262 g/mol. The lowest BCUT2D eigenvalue weighted by Crippen LogP contribution is -2.52. The SMILES string of the molecule is CN(C)C1(CNC(=O)C[C@@H]2CC2(F)F)CCCCCC1. The van der Waals surface area contributed by atoms with E-state index >= 15 is 0 Å². The van der Waals surface area contributed by atoms with Crippen LogP contribution >= 0.6 is 0 Å². The number of nitrogens with one attached hydrogen (secondary N) is 1. The molecule has 2 rings (SSSR count). The van der Waals surface area contributed by atoms with Crippen LogP contribution in [0.1, 0.15) is 51.4 Å². The first-order valence-corrected chi connectivity index (χ1v) is 7.68. The Morgan fingerprint density at radius 3 is 2.20 bits per heavy atom. The molecule has 0 aromatic rings. The van der Waals surface area contributed by atoms with E-state index < -0.39 is 11.8 Å². The fourth-order valence-corrected chi connectivity index (χ4v) is 3.22. The number of carbonyl (C=O) groups excluding carboxylic acids is 1. The molecule has 0 bridgehead atoms. The van der Waals surface area contributed by atoms with Crippen molar-refractivity contribution >= 4 is 5.91 Å². The van der Waals surface area contributed by atoms with Crippen molar-refractivity contribution in [3.8, 4) is 0 Å². The second kappa shape index (κ2) is 5.96. The Labute approximate surface area is 120 Å². The van der Waals surface area contributed by atoms with E-state index in [0.717, 1.165) is 12.8 Å². The van der Waals surface area contributed by atoms with Crippen molar-refractivity contribution < 1.29 is 13.6 Å². The quantitative estimate of drug-likeness (QED) is 0.789. The van der Waals surface area contributed by atoms with Gasteiger partial charge in [0.05, 0.1) is 0 Å². The molecule has 5 heteroatoms. The van der Waals surface area contributed by atoms with E-state index in [2.05, 4.69) is 10.2 Å². The maximum Gasteiger partial charge on any atom is 0.252 e. The number of halogens is 2. The zero-order valence-electron chi connectivity index (χ0n) is 12.6. The van der Waals surface area contributed by atoms with Gasteiger partial charge in [0, 0.05) is 30.8 Å². The number of rotatable bonds is 5. The highest BCUT2D eigenvalue weighted by Crippen LogP contribution is 2.50. The Morgan fingerprint density at radius 2 is 1.75 bits per heavy atom. The molecule has 1 amide bonds. The van der Waals surface area contributed by atoms with E-state index in [9.17, 15) is 13.6 Å². The van der Waals surface area contributed by atoms with Crippen molar-refractivity contribution in [1.29, 1.82) is 0 Å². The van der Waals surface area contributed by atoms with Crippen LogP contribution in [0, 0.1) is 5.92 Å². The van der Waals surface area contributed by atoms with Gasteiger partial charge in [0.2, 0.25) is 5.91 Å². The summed E-state index contributed by atoms with van der Waals surface area (Å²) in [7, 11) is 4.10. The predicted molar refractivity (Wildman–Crippen MR) is 74.8 cm³/mol. The Morgan fingerprint density at radius 1 is 1.20 bits per heavy atom. The Balaban J connectivity index is 1.84. The minimum atomic E-state index is -2.60. The number of amides is 1. The van der Waals surface area contributed by atoms with Crippen molar-refractivity contribution in [1.82, 2.24) is 10.2 Å². The van der Waals surface area contributed by atoms with Crippen LogP contribution < -0.4 is 5.32 Å². The molecule has 2 saturated carbocycles. The summed E-state index contributed by atoms with van der Waals surface area (Å²) in [4.78, 5) is 14.0. The molecule has 3 nitrogen and oxygen atoms in total. The lowest BCUT2D eigenvalue weighted by atomic mass is 9.88. The van der Waals surface area contributed by atoms with Crippen molar-refractivity contribution in [3.63, 3.8) is 0 Å². The normalized spacial score (nSPS) is 27.9. The van der Waals surface area contributed by atoms with Crippen LogP contribution in [0.15, 0.2) is 0 Å². The van der Waals surface area contributed by atoms with Gasteiger partial charge >= 0.3 is 0 Å². The van der Waals surface area contributed by atoms with E-state index in [0.29, 0.717) is 6.54 Å². The van der Waals surface area contributed by atoms with Gasteiger partial charge in [-0.1, -0.05) is 25.7 Å². The Bertz CT molecular complexity index is 350. The van der Waals surface area contributed by atoms with E-state index in [1.54, 1.807) is 0 Å². The standard InChI is InChI=1S/C15H26F2N2O/c1-19(2)14(7-5-3-4-6-8-14)11-18-13(20)9-12-10-15(12,16)17/h12H,3-11H2,1-2H3,(H,18,20)/t12-/m1/s1. The predicted octanol–water partition coefficient (Wildman–Crippen LogP) is 2.80. The van der Waals surface area contributed by atoms with E-state index in [4.69, 9.17) is 0 Å². The molecule has 0 aliphatic heterocycles. The molecule has 0 saturated heterocycles. The van der Waals surface area contributed by atoms with Gasteiger partial charge in [-0.15, -0.1) is 0 Å². The number of likely N-dealkylation sites (N-methyl/N-ethyl adjacent to an activating group) is 1. The van der Waals surface area contributed by atoms with Gasteiger partial charge < -0.3 is 10.2 Å². The summed E-state index contributed by atoms with van der Waals surface area (Å²) in [5.41, 5.74) is -0.00176. The molecule has 2 aliphatic rings. The number of hydrogen-bond donors (Lipinski definition) is 1. The van der Waals surface area contributed by atoms with Crippen molar-refractivity contribution in [3.05, 3.63) is 0 Å². The largest absolute Gasteiger partial charge is 0.354 e. The summed E-state index contributed by atoms with van der Waals surface area (Å²) in [6, 6.07) is 0. The first-order valence-electron chi connectivity index (χ1n) is 7.68. The van der Waals surface area contributed by atoms with Gasteiger partial charge in [-0.3, -0.25) is 4.79 Å². The molecule has 2 fully saturated rings. The second-order valence-corrected chi connectivity index (χ2v) is 6.68. The third-order valence-corrected chi connectivity index (χ3v) is 4.99. The zero-order valence-corrected chi connectivity index (χ0v) is 12.6. The molecule has 0 unspecified atom stereocenters. The molecule has 1 N–H and O–H groups in total. The molecule has 2 aliphatic carbocycles. The fraction of sp³-hybridized carbons (Fsp3) is 0.933. The maximum atomic E-state index is 12.8. The Hall–Kier alpha value is -0.710. The van der Waals surface area contributed by atoms with Gasteiger partial charge in [0.1, 0.15) is 0 Å². The molecular formula is C15H26F2N2O. The molecule has 1 atom stereocenters. The van der Waals surface area contributed by atoms with Crippen LogP contribution in [0.2, 0.25) is 0 Å². The first-order chi connectivity index (χ1) is 9.36. The molecule has 0 aromatic carbocycles. The van der Waals surface area contributed by atoms with Crippen LogP contribution in [0.25, 0.3) is 0 Å². The monoisotopic (exact) mass is 288 g/mol. The zero-order chi connectivity index (χ0) is 14.8. The van der Waals surface area contributed by atoms with Gasteiger partial charge in [-0.05, 0) is 26.9 Å². The smallest absolute Gasteiger partial charge is 0.252 e. The number of nitrogens with zero attached hydrogens (tertiary/aromatic N) is 1. The molecule has 116 valence electrons. The summed E-state index contributed by atoms with van der Waals surface area (Å²) in [6.45, 7) is 0.580. The first kappa shape index (κ1) is 15.7. The van der Waals surface area contributed by atoms with Gasteiger partial charge in [0.15, 0.2) is 0 Å². The van der Waals surface area contributed by atoms with Crippen molar-refractivity contribution in [2.75, 3.05) is 20.6 Å². The van der Waals surface area contributed by atoms with Crippen LogP contribution in [0.5, 0.6) is 0 Å². The summed E-state index contributed by atoms with van der Waals surface area (Å²) in [6.07, 6.45) is 6.83. The van der Waals surface area contributed by atoms with Crippen molar-refractivity contribution in [2.24, 2.45) is 5.92 Å². The highest BCUT2D eigenvalue weighted by molar-refractivity contribution is 5.76. The minimum Gasteiger partial charge on any atom is -0.354 e. The highest BCUT2D eigenvalue weighted by atomic mass is 19.3. The molecule has 0 heterocycles. The van der Waals surface area contributed by atoms with Crippen LogP contribution in [-0.2, 0) is 4.79 Å². The average Bonchev–Trinajstić information content (AvgIpc) is 3.03. The number of alkyl halides is 2. The van der Waals surface area contributed by atoms with E-state index in [-0.39, 0.29) is 24.3 Å². The van der Waals surface area contributed by atoms with Crippen molar-refractivity contribution in [2.45, 2.75) is 62.8 Å².